The van der Waals surface area contributed by atoms with Crippen LogP contribution in [0.15, 0.2) is 24.3 Å². The molecular formula is C10H14S. The lowest BCUT2D eigenvalue weighted by atomic mass is 10.0. The average molecular weight is 166 g/mol. The number of hydrogen-bond donors (Lipinski definition) is 1. The van der Waals surface area contributed by atoms with Gasteiger partial charge < -0.3 is 0 Å². The molecule has 0 spiro atoms. The second-order valence-electron chi connectivity index (χ2n) is 3.43. The van der Waals surface area contributed by atoms with Gasteiger partial charge in [0, 0.05) is 4.75 Å². The standard InChI is InChI=1S/C10H14S/c1-8-4-6-9(7-5-8)10(2,3)11/h4-7,11H,1-3H3. The third-order valence-electron chi connectivity index (χ3n) is 1.76. The molecule has 0 bridgehead atoms. The number of rotatable bonds is 1. The molecule has 0 heterocycles. The van der Waals surface area contributed by atoms with Crippen molar-refractivity contribution < 1.29 is 0 Å². The van der Waals surface area contributed by atoms with Crippen LogP contribution in [-0.4, -0.2) is 0 Å². The molecule has 1 aromatic carbocycles. The summed E-state index contributed by atoms with van der Waals surface area (Å²) in [7, 11) is 0. The first-order valence-electron chi connectivity index (χ1n) is 3.79. The largest absolute Gasteiger partial charge is 0.168 e. The Hall–Kier alpha value is -0.430. The first-order valence-corrected chi connectivity index (χ1v) is 4.24. The Labute approximate surface area is 74.0 Å². The maximum absolute atomic E-state index is 4.48. The minimum Gasteiger partial charge on any atom is -0.168 e. The summed E-state index contributed by atoms with van der Waals surface area (Å²) in [4.78, 5) is 0. The maximum atomic E-state index is 4.48. The summed E-state index contributed by atoms with van der Waals surface area (Å²) in [5.74, 6) is 0. The van der Waals surface area contributed by atoms with Crippen LogP contribution >= 0.6 is 12.6 Å². The monoisotopic (exact) mass is 166 g/mol. The van der Waals surface area contributed by atoms with Crippen molar-refractivity contribution in [2.75, 3.05) is 0 Å². The van der Waals surface area contributed by atoms with E-state index in [2.05, 4.69) is 57.7 Å². The van der Waals surface area contributed by atoms with Crippen LogP contribution in [0.25, 0.3) is 0 Å². The fourth-order valence-electron chi connectivity index (χ4n) is 0.961. The van der Waals surface area contributed by atoms with Gasteiger partial charge in [-0.1, -0.05) is 29.8 Å². The van der Waals surface area contributed by atoms with Gasteiger partial charge >= 0.3 is 0 Å². The zero-order valence-corrected chi connectivity index (χ0v) is 8.15. The van der Waals surface area contributed by atoms with E-state index < -0.39 is 0 Å². The van der Waals surface area contributed by atoms with Crippen molar-refractivity contribution in [2.45, 2.75) is 25.5 Å². The topological polar surface area (TPSA) is 0 Å². The molecule has 0 saturated heterocycles. The molecule has 0 unspecified atom stereocenters. The summed E-state index contributed by atoms with van der Waals surface area (Å²) in [5.41, 5.74) is 2.57. The number of thiol groups is 1. The van der Waals surface area contributed by atoms with Crippen molar-refractivity contribution in [1.82, 2.24) is 0 Å². The summed E-state index contributed by atoms with van der Waals surface area (Å²) in [6.07, 6.45) is 0. The minimum absolute atomic E-state index is 0.0201. The fourth-order valence-corrected chi connectivity index (χ4v) is 1.11. The fraction of sp³-hybridized carbons (Fsp3) is 0.400. The van der Waals surface area contributed by atoms with Gasteiger partial charge in [-0.15, -0.1) is 0 Å². The van der Waals surface area contributed by atoms with Crippen molar-refractivity contribution in [3.05, 3.63) is 35.4 Å². The van der Waals surface area contributed by atoms with E-state index >= 15 is 0 Å². The predicted molar refractivity (Wildman–Crippen MR) is 53.2 cm³/mol. The van der Waals surface area contributed by atoms with E-state index in [1.54, 1.807) is 0 Å². The average Bonchev–Trinajstić information content (AvgIpc) is 1.86. The SMILES string of the molecule is Cc1ccc(C(C)(C)S)cc1. The van der Waals surface area contributed by atoms with Crippen molar-refractivity contribution in [1.29, 1.82) is 0 Å². The van der Waals surface area contributed by atoms with E-state index in [0.717, 1.165) is 0 Å². The molecule has 0 radical (unpaired) electrons. The Morgan fingerprint density at radius 2 is 1.55 bits per heavy atom. The second kappa shape index (κ2) is 2.90. The van der Waals surface area contributed by atoms with Crippen LogP contribution in [-0.2, 0) is 4.75 Å². The molecule has 0 aromatic heterocycles. The smallest absolute Gasteiger partial charge is 0.0322 e. The molecule has 0 amide bonds. The summed E-state index contributed by atoms with van der Waals surface area (Å²) in [6, 6.07) is 8.49. The van der Waals surface area contributed by atoms with E-state index in [4.69, 9.17) is 0 Å². The highest BCUT2D eigenvalue weighted by atomic mass is 32.1. The van der Waals surface area contributed by atoms with Crippen LogP contribution in [0.5, 0.6) is 0 Å². The van der Waals surface area contributed by atoms with Crippen LogP contribution in [0.3, 0.4) is 0 Å². The lowest BCUT2D eigenvalue weighted by molar-refractivity contribution is 0.791. The van der Waals surface area contributed by atoms with Gasteiger partial charge in [0.15, 0.2) is 0 Å². The first kappa shape index (κ1) is 8.66. The molecular weight excluding hydrogens is 152 g/mol. The highest BCUT2D eigenvalue weighted by Gasteiger charge is 2.13. The molecule has 11 heavy (non-hydrogen) atoms. The van der Waals surface area contributed by atoms with E-state index in [-0.39, 0.29) is 4.75 Å². The lowest BCUT2D eigenvalue weighted by Gasteiger charge is -2.17. The van der Waals surface area contributed by atoms with Gasteiger partial charge in [-0.3, -0.25) is 0 Å². The van der Waals surface area contributed by atoms with Gasteiger partial charge in [-0.25, -0.2) is 0 Å². The number of hydrogen-bond acceptors (Lipinski definition) is 1. The zero-order chi connectivity index (χ0) is 8.48. The Bertz CT molecular complexity index is 228. The molecule has 0 fully saturated rings. The van der Waals surface area contributed by atoms with Gasteiger partial charge in [-0.2, -0.15) is 12.6 Å². The molecule has 0 saturated carbocycles. The van der Waals surface area contributed by atoms with Crippen molar-refractivity contribution in [3.63, 3.8) is 0 Å². The highest BCUT2D eigenvalue weighted by molar-refractivity contribution is 7.81. The molecule has 1 rings (SSSR count). The Kier molecular flexibility index (Phi) is 2.28. The van der Waals surface area contributed by atoms with Crippen molar-refractivity contribution >= 4 is 12.6 Å². The minimum atomic E-state index is -0.0201. The summed E-state index contributed by atoms with van der Waals surface area (Å²) in [6.45, 7) is 6.29. The van der Waals surface area contributed by atoms with Crippen LogP contribution in [0.1, 0.15) is 25.0 Å². The Morgan fingerprint density at radius 1 is 1.09 bits per heavy atom. The number of aryl methyl sites for hydroxylation is 1. The van der Waals surface area contributed by atoms with Crippen molar-refractivity contribution in [3.8, 4) is 0 Å². The lowest BCUT2D eigenvalue weighted by Crippen LogP contribution is -2.06. The van der Waals surface area contributed by atoms with E-state index in [1.165, 1.54) is 11.1 Å². The van der Waals surface area contributed by atoms with Crippen LogP contribution in [0, 0.1) is 6.92 Å². The maximum Gasteiger partial charge on any atom is 0.0322 e. The van der Waals surface area contributed by atoms with Gasteiger partial charge in [0.05, 0.1) is 0 Å². The van der Waals surface area contributed by atoms with E-state index in [0.29, 0.717) is 0 Å². The third kappa shape index (κ3) is 2.26. The summed E-state index contributed by atoms with van der Waals surface area (Å²) in [5, 5.41) is 0. The van der Waals surface area contributed by atoms with Gasteiger partial charge in [0.25, 0.3) is 0 Å². The second-order valence-corrected chi connectivity index (χ2v) is 4.54. The summed E-state index contributed by atoms with van der Waals surface area (Å²) < 4.78 is -0.0201. The molecule has 1 aromatic rings. The van der Waals surface area contributed by atoms with E-state index in [1.807, 2.05) is 0 Å². The van der Waals surface area contributed by atoms with Crippen LogP contribution in [0.4, 0.5) is 0 Å². The number of benzene rings is 1. The molecule has 0 N–H and O–H groups in total. The van der Waals surface area contributed by atoms with Gasteiger partial charge in [-0.05, 0) is 26.3 Å². The molecule has 0 aliphatic heterocycles. The van der Waals surface area contributed by atoms with Crippen LogP contribution in [0.2, 0.25) is 0 Å². The highest BCUT2D eigenvalue weighted by Crippen LogP contribution is 2.26. The molecule has 0 nitrogen and oxygen atoms in total. The summed E-state index contributed by atoms with van der Waals surface area (Å²) >= 11 is 4.48. The third-order valence-corrected chi connectivity index (χ3v) is 2.02. The quantitative estimate of drug-likeness (QED) is 0.609. The molecule has 1 heteroatoms. The zero-order valence-electron chi connectivity index (χ0n) is 7.26. The van der Waals surface area contributed by atoms with Gasteiger partial charge in [0.2, 0.25) is 0 Å². The molecule has 0 aliphatic rings. The Balaban J connectivity index is 2.99. The van der Waals surface area contributed by atoms with Crippen LogP contribution < -0.4 is 0 Å². The normalized spacial score (nSPS) is 11.6. The Morgan fingerprint density at radius 3 is 1.91 bits per heavy atom. The van der Waals surface area contributed by atoms with Crippen molar-refractivity contribution in [2.24, 2.45) is 0 Å². The predicted octanol–water partition coefficient (Wildman–Crippen LogP) is 3.16. The van der Waals surface area contributed by atoms with Gasteiger partial charge in [0.1, 0.15) is 0 Å². The molecule has 0 aliphatic carbocycles. The first-order chi connectivity index (χ1) is 5.00. The van der Waals surface area contributed by atoms with E-state index in [9.17, 15) is 0 Å². The molecule has 60 valence electrons. The molecule has 0 atom stereocenters.